The lowest BCUT2D eigenvalue weighted by atomic mass is 9.97. The van der Waals surface area contributed by atoms with Crippen molar-refractivity contribution in [2.24, 2.45) is 11.7 Å². The van der Waals surface area contributed by atoms with Gasteiger partial charge in [0.1, 0.15) is 0 Å². The second-order valence-electron chi connectivity index (χ2n) is 4.11. The maximum atomic E-state index is 11.3. The Bertz CT molecular complexity index is 411. The molecule has 0 saturated carbocycles. The summed E-state index contributed by atoms with van der Waals surface area (Å²) in [5.74, 6) is 0.743. The molecule has 2 unspecified atom stereocenters. The van der Waals surface area contributed by atoms with Crippen molar-refractivity contribution < 1.29 is 8.42 Å². The van der Waals surface area contributed by atoms with Crippen LogP contribution in [0.5, 0.6) is 0 Å². The van der Waals surface area contributed by atoms with Gasteiger partial charge in [0.2, 0.25) is 0 Å². The van der Waals surface area contributed by atoms with Gasteiger partial charge in [-0.1, -0.05) is 6.07 Å². The van der Waals surface area contributed by atoms with Crippen molar-refractivity contribution in [3.8, 4) is 0 Å². The Kier molecular flexibility index (Phi) is 3.13. The van der Waals surface area contributed by atoms with Crippen LogP contribution in [0.25, 0.3) is 0 Å². The summed E-state index contributed by atoms with van der Waals surface area (Å²) in [6, 6.07) is 4.03. The average molecular weight is 245 g/mol. The molecule has 3 nitrogen and oxygen atoms in total. The zero-order valence-corrected chi connectivity index (χ0v) is 10.1. The zero-order chi connectivity index (χ0) is 10.9. The van der Waals surface area contributed by atoms with Crippen molar-refractivity contribution in [1.82, 2.24) is 0 Å². The second-order valence-corrected chi connectivity index (χ2v) is 7.37. The minimum Gasteiger partial charge on any atom is -0.327 e. The molecule has 0 aliphatic carbocycles. The van der Waals surface area contributed by atoms with Gasteiger partial charge in [-0.3, -0.25) is 0 Å². The topological polar surface area (TPSA) is 60.2 Å². The molecule has 15 heavy (non-hydrogen) atoms. The monoisotopic (exact) mass is 245 g/mol. The number of nitrogens with two attached hydrogens (primary N) is 1. The molecule has 2 heterocycles. The summed E-state index contributed by atoms with van der Waals surface area (Å²) in [7, 11) is -2.80. The van der Waals surface area contributed by atoms with E-state index in [1.165, 1.54) is 4.88 Å². The molecule has 1 aliphatic rings. The molecule has 2 rings (SSSR count). The Labute approximate surface area is 94.2 Å². The average Bonchev–Trinajstić information content (AvgIpc) is 2.74. The van der Waals surface area contributed by atoms with E-state index in [1.54, 1.807) is 11.3 Å². The molecular formula is C10H15NO2S2. The maximum absolute atomic E-state index is 11.3. The maximum Gasteiger partial charge on any atom is 0.150 e. The quantitative estimate of drug-likeness (QED) is 0.866. The first-order chi connectivity index (χ1) is 7.07. The van der Waals surface area contributed by atoms with Gasteiger partial charge >= 0.3 is 0 Å². The summed E-state index contributed by atoms with van der Waals surface area (Å²) in [5, 5.41) is 2.02. The Morgan fingerprint density at radius 2 is 2.40 bits per heavy atom. The zero-order valence-electron chi connectivity index (χ0n) is 8.43. The fraction of sp³-hybridized carbons (Fsp3) is 0.600. The van der Waals surface area contributed by atoms with Crippen LogP contribution >= 0.6 is 11.3 Å². The lowest BCUT2D eigenvalue weighted by molar-refractivity contribution is 0.463. The molecule has 2 atom stereocenters. The van der Waals surface area contributed by atoms with Crippen molar-refractivity contribution in [3.05, 3.63) is 22.4 Å². The van der Waals surface area contributed by atoms with Gasteiger partial charge in [-0.2, -0.15) is 0 Å². The van der Waals surface area contributed by atoms with E-state index in [1.807, 2.05) is 17.5 Å². The van der Waals surface area contributed by atoms with Crippen LogP contribution in [-0.2, 0) is 16.3 Å². The Hall–Kier alpha value is -0.390. The third kappa shape index (κ3) is 2.80. The van der Waals surface area contributed by atoms with E-state index in [9.17, 15) is 8.42 Å². The van der Waals surface area contributed by atoms with Crippen LogP contribution in [0.4, 0.5) is 0 Å². The molecule has 0 bridgehead atoms. The van der Waals surface area contributed by atoms with E-state index in [2.05, 4.69) is 0 Å². The van der Waals surface area contributed by atoms with Crippen molar-refractivity contribution >= 4 is 21.2 Å². The molecule has 0 spiro atoms. The van der Waals surface area contributed by atoms with Gasteiger partial charge in [0.15, 0.2) is 9.84 Å². The summed E-state index contributed by atoms with van der Waals surface area (Å²) in [4.78, 5) is 1.24. The van der Waals surface area contributed by atoms with Crippen molar-refractivity contribution in [3.63, 3.8) is 0 Å². The standard InChI is InChI=1S/C10H15NO2S2/c11-10(6-9-2-1-4-14-9)8-3-5-15(12,13)7-8/h1-2,4,8,10H,3,5-7,11H2. The van der Waals surface area contributed by atoms with E-state index in [-0.39, 0.29) is 17.7 Å². The number of hydrogen-bond acceptors (Lipinski definition) is 4. The molecule has 1 saturated heterocycles. The molecule has 2 N–H and O–H groups in total. The van der Waals surface area contributed by atoms with Crippen LogP contribution in [0.15, 0.2) is 17.5 Å². The van der Waals surface area contributed by atoms with Gasteiger partial charge < -0.3 is 5.73 Å². The molecule has 0 aromatic carbocycles. The highest BCUT2D eigenvalue weighted by molar-refractivity contribution is 7.91. The van der Waals surface area contributed by atoms with E-state index >= 15 is 0 Å². The van der Waals surface area contributed by atoms with E-state index in [0.717, 1.165) is 12.8 Å². The van der Waals surface area contributed by atoms with E-state index in [0.29, 0.717) is 5.75 Å². The summed E-state index contributed by atoms with van der Waals surface area (Å²) < 4.78 is 22.6. The smallest absolute Gasteiger partial charge is 0.150 e. The van der Waals surface area contributed by atoms with Crippen LogP contribution in [0.2, 0.25) is 0 Å². The number of sulfone groups is 1. The highest BCUT2D eigenvalue weighted by atomic mass is 32.2. The fourth-order valence-electron chi connectivity index (χ4n) is 1.99. The molecule has 5 heteroatoms. The highest BCUT2D eigenvalue weighted by Gasteiger charge is 2.31. The third-order valence-corrected chi connectivity index (χ3v) is 5.58. The first-order valence-electron chi connectivity index (χ1n) is 5.05. The molecule has 1 aromatic rings. The normalized spacial score (nSPS) is 26.6. The van der Waals surface area contributed by atoms with Gasteiger partial charge in [0.05, 0.1) is 11.5 Å². The summed E-state index contributed by atoms with van der Waals surface area (Å²) in [6.07, 6.45) is 1.53. The van der Waals surface area contributed by atoms with Gasteiger partial charge in [-0.25, -0.2) is 8.42 Å². The van der Waals surface area contributed by atoms with Gasteiger partial charge in [-0.05, 0) is 30.2 Å². The SMILES string of the molecule is NC(Cc1cccs1)C1CCS(=O)(=O)C1. The fourth-order valence-corrected chi connectivity index (χ4v) is 4.66. The summed E-state index contributed by atoms with van der Waals surface area (Å²) in [5.41, 5.74) is 6.03. The second kappa shape index (κ2) is 4.23. The summed E-state index contributed by atoms with van der Waals surface area (Å²) >= 11 is 1.68. The molecule has 1 aromatic heterocycles. The van der Waals surface area contributed by atoms with Gasteiger partial charge in [-0.15, -0.1) is 11.3 Å². The van der Waals surface area contributed by atoms with Crippen molar-refractivity contribution in [2.75, 3.05) is 11.5 Å². The minimum absolute atomic E-state index is 0.0130. The Morgan fingerprint density at radius 3 is 2.93 bits per heavy atom. The number of thiophene rings is 1. The lowest BCUT2D eigenvalue weighted by Crippen LogP contribution is -2.32. The highest BCUT2D eigenvalue weighted by Crippen LogP contribution is 2.23. The van der Waals surface area contributed by atoms with Crippen LogP contribution in [0.3, 0.4) is 0 Å². The Balaban J connectivity index is 1.95. The molecule has 0 amide bonds. The van der Waals surface area contributed by atoms with Crippen LogP contribution in [-0.4, -0.2) is 26.0 Å². The van der Waals surface area contributed by atoms with Crippen LogP contribution in [0.1, 0.15) is 11.3 Å². The first kappa shape index (κ1) is 11.1. The molecule has 84 valence electrons. The lowest BCUT2D eigenvalue weighted by Gasteiger charge is -2.16. The van der Waals surface area contributed by atoms with Crippen molar-refractivity contribution in [2.45, 2.75) is 18.9 Å². The van der Waals surface area contributed by atoms with Gasteiger partial charge in [0, 0.05) is 10.9 Å². The predicted molar refractivity (Wildman–Crippen MR) is 62.8 cm³/mol. The van der Waals surface area contributed by atoms with E-state index < -0.39 is 9.84 Å². The summed E-state index contributed by atoms with van der Waals surface area (Å²) in [6.45, 7) is 0. The number of hydrogen-bond donors (Lipinski definition) is 1. The molecule has 1 aliphatic heterocycles. The molecule has 0 radical (unpaired) electrons. The predicted octanol–water partition coefficient (Wildman–Crippen LogP) is 1.05. The van der Waals surface area contributed by atoms with E-state index in [4.69, 9.17) is 5.73 Å². The number of rotatable bonds is 3. The largest absolute Gasteiger partial charge is 0.327 e. The first-order valence-corrected chi connectivity index (χ1v) is 7.75. The van der Waals surface area contributed by atoms with Crippen LogP contribution < -0.4 is 5.73 Å². The Morgan fingerprint density at radius 1 is 1.60 bits per heavy atom. The minimum atomic E-state index is -2.80. The molecular weight excluding hydrogens is 230 g/mol. The third-order valence-electron chi connectivity index (χ3n) is 2.89. The van der Waals surface area contributed by atoms with Crippen molar-refractivity contribution in [1.29, 1.82) is 0 Å². The van der Waals surface area contributed by atoms with Gasteiger partial charge in [0.25, 0.3) is 0 Å². The van der Waals surface area contributed by atoms with Crippen LogP contribution in [0, 0.1) is 5.92 Å². The molecule has 1 fully saturated rings.